The molecule has 0 unspecified atom stereocenters. The van der Waals surface area contributed by atoms with E-state index in [0.29, 0.717) is 12.2 Å². The van der Waals surface area contributed by atoms with Crippen LogP contribution in [0.4, 0.5) is 0 Å². The summed E-state index contributed by atoms with van der Waals surface area (Å²) in [7, 11) is -2.11. The monoisotopic (exact) mass is 393 g/mol. The number of ether oxygens (including phenoxy) is 2. The molecule has 0 radical (unpaired) electrons. The number of nitrogens with two attached hydrogens (primary N) is 1. The van der Waals surface area contributed by atoms with E-state index >= 15 is 0 Å². The molecule has 2 N–H and O–H groups in total. The van der Waals surface area contributed by atoms with E-state index in [-0.39, 0.29) is 4.90 Å². The summed E-state index contributed by atoms with van der Waals surface area (Å²) in [5, 5.41) is 5.21. The summed E-state index contributed by atoms with van der Waals surface area (Å²) < 4.78 is 34.6. The van der Waals surface area contributed by atoms with Gasteiger partial charge < -0.3 is 9.47 Å². The highest BCUT2D eigenvalue weighted by molar-refractivity contribution is 7.89. The molecule has 28 heavy (non-hydrogen) atoms. The molecule has 1 aliphatic heterocycles. The van der Waals surface area contributed by atoms with Crippen molar-refractivity contribution in [1.82, 2.24) is 0 Å². The average molecular weight is 393 g/mol. The topological polar surface area (TPSA) is 78.6 Å². The van der Waals surface area contributed by atoms with Crippen LogP contribution in [0.2, 0.25) is 0 Å². The summed E-state index contributed by atoms with van der Waals surface area (Å²) in [6.07, 6.45) is 0.703. The van der Waals surface area contributed by atoms with Crippen LogP contribution in [0.3, 0.4) is 0 Å². The van der Waals surface area contributed by atoms with Gasteiger partial charge in [-0.2, -0.15) is 0 Å². The molecule has 1 heterocycles. The first-order chi connectivity index (χ1) is 13.5. The van der Waals surface area contributed by atoms with Crippen molar-refractivity contribution >= 4 is 21.4 Å². The first kappa shape index (κ1) is 18.3. The molecule has 1 aliphatic rings. The molecular formula is C22H19NO4S. The molecule has 3 aromatic rings. The second-order valence-electron chi connectivity index (χ2n) is 6.49. The maximum atomic E-state index is 11.6. The van der Waals surface area contributed by atoms with Crippen LogP contribution in [0.15, 0.2) is 77.7 Å². The number of para-hydroxylation sites is 1. The van der Waals surface area contributed by atoms with Crippen molar-refractivity contribution in [3.05, 3.63) is 89.5 Å². The van der Waals surface area contributed by atoms with E-state index in [9.17, 15) is 8.42 Å². The van der Waals surface area contributed by atoms with Gasteiger partial charge in [-0.1, -0.05) is 30.3 Å². The minimum atomic E-state index is -3.74. The molecule has 6 heteroatoms. The van der Waals surface area contributed by atoms with Gasteiger partial charge in [-0.3, -0.25) is 0 Å². The first-order valence-electron chi connectivity index (χ1n) is 8.72. The normalized spacial score (nSPS) is 13.6. The Morgan fingerprint density at radius 1 is 0.893 bits per heavy atom. The quantitative estimate of drug-likeness (QED) is 0.730. The molecule has 0 spiro atoms. The van der Waals surface area contributed by atoms with E-state index in [2.05, 4.69) is 0 Å². The fourth-order valence-corrected chi connectivity index (χ4v) is 3.76. The number of sulfonamides is 1. The van der Waals surface area contributed by atoms with Crippen LogP contribution in [-0.2, 0) is 16.4 Å². The van der Waals surface area contributed by atoms with E-state index in [1.807, 2.05) is 48.5 Å². The summed E-state index contributed by atoms with van der Waals surface area (Å²) in [5.41, 5.74) is 3.91. The van der Waals surface area contributed by atoms with Gasteiger partial charge in [-0.05, 0) is 53.6 Å². The number of hydrogen-bond donors (Lipinski definition) is 1. The van der Waals surface area contributed by atoms with E-state index < -0.39 is 10.0 Å². The lowest BCUT2D eigenvalue weighted by atomic mass is 9.92. The van der Waals surface area contributed by atoms with Gasteiger partial charge in [-0.25, -0.2) is 13.6 Å². The molecule has 5 nitrogen and oxygen atoms in total. The summed E-state index contributed by atoms with van der Waals surface area (Å²) in [6.45, 7) is 0. The van der Waals surface area contributed by atoms with Crippen LogP contribution in [0, 0.1) is 0 Å². The lowest BCUT2D eigenvalue weighted by Gasteiger charge is -2.24. The third-order valence-electron chi connectivity index (χ3n) is 4.71. The fourth-order valence-electron chi connectivity index (χ4n) is 3.25. The molecule has 4 rings (SSSR count). The van der Waals surface area contributed by atoms with Gasteiger partial charge in [-0.15, -0.1) is 0 Å². The van der Waals surface area contributed by atoms with E-state index in [0.717, 1.165) is 33.8 Å². The highest BCUT2D eigenvalue weighted by Crippen LogP contribution is 2.39. The Bertz CT molecular complexity index is 1150. The van der Waals surface area contributed by atoms with Crippen LogP contribution in [0.1, 0.15) is 16.7 Å². The summed E-state index contributed by atoms with van der Waals surface area (Å²) in [6, 6.07) is 22.1. The molecule has 0 aliphatic carbocycles. The molecule has 0 fully saturated rings. The van der Waals surface area contributed by atoms with Gasteiger partial charge in [0.1, 0.15) is 17.3 Å². The number of allylic oxidation sites excluding steroid dienone is 1. The molecule has 3 aromatic carbocycles. The fraction of sp³-hybridized carbons (Fsp3) is 0.0909. The molecule has 0 amide bonds. The number of primary sulfonamides is 1. The number of fused-ring (bicyclic) bond motifs is 1. The smallest absolute Gasteiger partial charge is 0.238 e. The van der Waals surface area contributed by atoms with Crippen molar-refractivity contribution in [2.45, 2.75) is 11.3 Å². The summed E-state index contributed by atoms with van der Waals surface area (Å²) >= 11 is 0. The Balaban J connectivity index is 1.83. The Labute approximate surface area is 164 Å². The van der Waals surface area contributed by atoms with Gasteiger partial charge in [0.2, 0.25) is 10.0 Å². The maximum absolute atomic E-state index is 11.6. The summed E-state index contributed by atoms with van der Waals surface area (Å²) in [4.78, 5) is 0.0686. The molecule has 0 bridgehead atoms. The Kier molecular flexibility index (Phi) is 4.66. The van der Waals surface area contributed by atoms with Crippen molar-refractivity contribution in [2.24, 2.45) is 5.14 Å². The Hall–Kier alpha value is -3.09. The van der Waals surface area contributed by atoms with Crippen LogP contribution in [0.5, 0.6) is 11.5 Å². The SMILES string of the molecule is COc1ccc(C2=C(c3ccc(S(N)(=O)=O)cc3)Oc3ccccc3C2)cc1. The molecule has 0 saturated heterocycles. The highest BCUT2D eigenvalue weighted by atomic mass is 32.2. The van der Waals surface area contributed by atoms with Crippen molar-refractivity contribution in [1.29, 1.82) is 0 Å². The van der Waals surface area contributed by atoms with E-state index in [1.54, 1.807) is 19.2 Å². The standard InChI is InChI=1S/C22H19NO4S/c1-26-18-10-6-15(7-11-18)20-14-17-4-2-3-5-21(17)27-22(20)16-8-12-19(13-9-16)28(23,24)25/h2-13H,14H2,1H3,(H2,23,24,25). The Morgan fingerprint density at radius 3 is 2.18 bits per heavy atom. The highest BCUT2D eigenvalue weighted by Gasteiger charge is 2.22. The third-order valence-corrected chi connectivity index (χ3v) is 5.64. The van der Waals surface area contributed by atoms with E-state index in [4.69, 9.17) is 14.6 Å². The van der Waals surface area contributed by atoms with Gasteiger partial charge in [0.15, 0.2) is 0 Å². The first-order valence-corrected chi connectivity index (χ1v) is 10.3. The minimum Gasteiger partial charge on any atom is -0.497 e. The largest absolute Gasteiger partial charge is 0.497 e. The van der Waals surface area contributed by atoms with E-state index in [1.165, 1.54) is 12.1 Å². The third kappa shape index (κ3) is 3.52. The van der Waals surface area contributed by atoms with Crippen molar-refractivity contribution in [3.8, 4) is 11.5 Å². The Morgan fingerprint density at radius 2 is 1.54 bits per heavy atom. The second-order valence-corrected chi connectivity index (χ2v) is 8.05. The van der Waals surface area contributed by atoms with Gasteiger partial charge in [0.05, 0.1) is 12.0 Å². The van der Waals surface area contributed by atoms with Crippen molar-refractivity contribution in [3.63, 3.8) is 0 Å². The average Bonchev–Trinajstić information content (AvgIpc) is 2.72. The van der Waals surface area contributed by atoms with Gasteiger partial charge in [0, 0.05) is 17.6 Å². The van der Waals surface area contributed by atoms with Crippen LogP contribution in [0.25, 0.3) is 11.3 Å². The number of hydrogen-bond acceptors (Lipinski definition) is 4. The predicted octanol–water partition coefficient (Wildman–Crippen LogP) is 3.85. The van der Waals surface area contributed by atoms with Crippen molar-refractivity contribution in [2.75, 3.05) is 7.11 Å². The second kappa shape index (κ2) is 7.14. The van der Waals surface area contributed by atoms with Crippen LogP contribution < -0.4 is 14.6 Å². The molecule has 0 aromatic heterocycles. The van der Waals surface area contributed by atoms with Crippen LogP contribution >= 0.6 is 0 Å². The van der Waals surface area contributed by atoms with Crippen molar-refractivity contribution < 1.29 is 17.9 Å². The zero-order valence-corrected chi connectivity index (χ0v) is 16.1. The molecular weight excluding hydrogens is 374 g/mol. The zero-order valence-electron chi connectivity index (χ0n) is 15.3. The molecule has 0 atom stereocenters. The number of rotatable bonds is 4. The molecule has 142 valence electrons. The minimum absolute atomic E-state index is 0.0686. The van der Waals surface area contributed by atoms with Crippen LogP contribution in [-0.4, -0.2) is 15.5 Å². The maximum Gasteiger partial charge on any atom is 0.238 e. The van der Waals surface area contributed by atoms with Gasteiger partial charge >= 0.3 is 0 Å². The predicted molar refractivity (Wildman–Crippen MR) is 108 cm³/mol. The number of methoxy groups -OCH3 is 1. The lowest BCUT2D eigenvalue weighted by molar-refractivity contribution is 0.414. The van der Waals surface area contributed by atoms with Gasteiger partial charge in [0.25, 0.3) is 0 Å². The summed E-state index contributed by atoms with van der Waals surface area (Å²) in [5.74, 6) is 2.27. The lowest BCUT2D eigenvalue weighted by Crippen LogP contribution is -2.12. The molecule has 0 saturated carbocycles. The zero-order chi connectivity index (χ0) is 19.7. The number of benzene rings is 3.